The molecule has 0 aromatic carbocycles. The van der Waals surface area contributed by atoms with E-state index in [9.17, 15) is 18.0 Å². The molecule has 2 aromatic heterocycles. The SMILES string of the molecule is NC1=C(F)C(C(=O)c2c[nH]c3ncc(Br)cc23)C(F)(C(C2CCCC2)C(F)(F)F)C=C1. The zero-order valence-electron chi connectivity index (χ0n) is 16.1. The number of H-pyrrole nitrogens is 1. The van der Waals surface area contributed by atoms with E-state index in [-0.39, 0.29) is 29.4 Å². The summed E-state index contributed by atoms with van der Waals surface area (Å²) in [4.78, 5) is 20.2. The summed E-state index contributed by atoms with van der Waals surface area (Å²) in [5, 5.41) is 0.243. The number of nitrogens with two attached hydrogens (primary N) is 1. The number of aromatic nitrogens is 2. The number of pyridine rings is 1. The van der Waals surface area contributed by atoms with Crippen LogP contribution in [0.25, 0.3) is 11.0 Å². The van der Waals surface area contributed by atoms with Gasteiger partial charge in [0.2, 0.25) is 0 Å². The molecule has 2 heterocycles. The van der Waals surface area contributed by atoms with Crippen LogP contribution in [0.1, 0.15) is 36.0 Å². The first-order chi connectivity index (χ1) is 14.5. The molecule has 4 rings (SSSR count). The fourth-order valence-corrected chi connectivity index (χ4v) is 5.19. The summed E-state index contributed by atoms with van der Waals surface area (Å²) in [6, 6.07) is 1.51. The standard InChI is InChI=1S/C21H19BrF5N3O/c22-11-7-12-13(9-30-19(12)29-8-11)17(31)15-16(23)14(28)5-6-20(15,24)18(21(25,26)27)10-3-1-2-4-10/h5-10,15,18H,1-4,28H2,(H,29,30). The normalized spacial score (nSPS) is 26.1. The third kappa shape index (κ3) is 3.68. The molecule has 0 radical (unpaired) electrons. The molecule has 3 atom stereocenters. The molecule has 10 heteroatoms. The third-order valence-corrected chi connectivity index (χ3v) is 6.65. The van der Waals surface area contributed by atoms with E-state index in [4.69, 9.17) is 5.73 Å². The molecule has 0 amide bonds. The highest BCUT2D eigenvalue weighted by Gasteiger charge is 2.63. The maximum Gasteiger partial charge on any atom is 0.395 e. The highest BCUT2D eigenvalue weighted by Crippen LogP contribution is 2.54. The third-order valence-electron chi connectivity index (χ3n) is 6.22. The molecule has 31 heavy (non-hydrogen) atoms. The van der Waals surface area contributed by atoms with Crippen molar-refractivity contribution in [3.8, 4) is 0 Å². The zero-order valence-corrected chi connectivity index (χ0v) is 17.7. The minimum atomic E-state index is -4.97. The van der Waals surface area contributed by atoms with Gasteiger partial charge in [-0.25, -0.2) is 13.8 Å². The first-order valence-corrected chi connectivity index (χ1v) is 10.6. The molecule has 166 valence electrons. The molecule has 2 aliphatic carbocycles. The molecular weight excluding hydrogens is 485 g/mol. The number of aromatic amines is 1. The summed E-state index contributed by atoms with van der Waals surface area (Å²) in [5.41, 5.74) is 1.82. The Morgan fingerprint density at radius 1 is 1.32 bits per heavy atom. The summed E-state index contributed by atoms with van der Waals surface area (Å²) in [5.74, 6) is -8.43. The second kappa shape index (κ2) is 7.72. The Balaban J connectivity index is 1.86. The first-order valence-electron chi connectivity index (χ1n) is 9.81. The van der Waals surface area contributed by atoms with Crippen LogP contribution in [0.15, 0.2) is 46.6 Å². The highest BCUT2D eigenvalue weighted by molar-refractivity contribution is 9.10. The molecule has 3 N–H and O–H groups in total. The number of rotatable bonds is 4. The number of carbonyl (C=O) groups excluding carboxylic acids is 1. The van der Waals surface area contributed by atoms with Crippen molar-refractivity contribution in [3.63, 3.8) is 0 Å². The van der Waals surface area contributed by atoms with Crippen LogP contribution >= 0.6 is 15.9 Å². The Morgan fingerprint density at radius 3 is 2.65 bits per heavy atom. The van der Waals surface area contributed by atoms with Gasteiger partial charge in [-0.15, -0.1) is 0 Å². The van der Waals surface area contributed by atoms with E-state index < -0.39 is 46.9 Å². The second-order valence-electron chi connectivity index (χ2n) is 8.08. The Kier molecular flexibility index (Phi) is 5.47. The van der Waals surface area contributed by atoms with Gasteiger partial charge in [-0.05, 0) is 52.9 Å². The van der Waals surface area contributed by atoms with Crippen LogP contribution in [0, 0.1) is 17.8 Å². The summed E-state index contributed by atoms with van der Waals surface area (Å²) >= 11 is 3.21. The Morgan fingerprint density at radius 2 is 2.00 bits per heavy atom. The number of ketones is 1. The summed E-state index contributed by atoms with van der Waals surface area (Å²) in [6.45, 7) is 0. The maximum absolute atomic E-state index is 16.4. The van der Waals surface area contributed by atoms with Crippen LogP contribution in [-0.4, -0.2) is 27.6 Å². The van der Waals surface area contributed by atoms with Crippen LogP contribution in [0.4, 0.5) is 22.0 Å². The lowest BCUT2D eigenvalue weighted by molar-refractivity contribution is -0.223. The number of hydrogen-bond acceptors (Lipinski definition) is 3. The number of hydrogen-bond donors (Lipinski definition) is 2. The van der Waals surface area contributed by atoms with Gasteiger partial charge >= 0.3 is 6.18 Å². The summed E-state index contributed by atoms with van der Waals surface area (Å²) in [6.07, 6.45) is 0.472. The zero-order chi connectivity index (χ0) is 22.6. The van der Waals surface area contributed by atoms with E-state index in [1.54, 1.807) is 0 Å². The molecule has 1 fully saturated rings. The van der Waals surface area contributed by atoms with Crippen molar-refractivity contribution in [2.75, 3.05) is 0 Å². The van der Waals surface area contributed by atoms with E-state index in [1.165, 1.54) is 18.5 Å². The molecule has 0 saturated heterocycles. The molecule has 4 nitrogen and oxygen atoms in total. The second-order valence-corrected chi connectivity index (χ2v) is 8.99. The number of nitrogens with one attached hydrogen (secondary N) is 1. The van der Waals surface area contributed by atoms with Gasteiger partial charge in [0.25, 0.3) is 0 Å². The van der Waals surface area contributed by atoms with Crippen molar-refractivity contribution < 1.29 is 26.7 Å². The Bertz CT molecular complexity index is 1090. The maximum atomic E-state index is 16.4. The van der Waals surface area contributed by atoms with Crippen LogP contribution in [-0.2, 0) is 0 Å². The van der Waals surface area contributed by atoms with Gasteiger partial charge in [0.05, 0.1) is 11.6 Å². The molecule has 0 aliphatic heterocycles. The lowest BCUT2D eigenvalue weighted by atomic mass is 9.67. The number of alkyl halides is 4. The van der Waals surface area contributed by atoms with Crippen LogP contribution in [0.2, 0.25) is 0 Å². The van der Waals surface area contributed by atoms with Crippen molar-refractivity contribution in [1.29, 1.82) is 0 Å². The van der Waals surface area contributed by atoms with Gasteiger partial charge in [0.1, 0.15) is 17.4 Å². The number of fused-ring (bicyclic) bond motifs is 1. The van der Waals surface area contributed by atoms with E-state index in [1.807, 2.05) is 0 Å². The van der Waals surface area contributed by atoms with Gasteiger partial charge in [-0.2, -0.15) is 13.2 Å². The lowest BCUT2D eigenvalue weighted by Gasteiger charge is -2.42. The van der Waals surface area contributed by atoms with Gasteiger partial charge in [0.15, 0.2) is 11.5 Å². The highest BCUT2D eigenvalue weighted by atomic mass is 79.9. The monoisotopic (exact) mass is 503 g/mol. The van der Waals surface area contributed by atoms with Crippen molar-refractivity contribution in [3.05, 3.63) is 52.2 Å². The fraction of sp³-hybridized carbons (Fsp3) is 0.429. The minimum Gasteiger partial charge on any atom is -0.397 e. The van der Waals surface area contributed by atoms with Gasteiger partial charge in [0, 0.05) is 27.8 Å². The topological polar surface area (TPSA) is 71.8 Å². The van der Waals surface area contributed by atoms with Crippen LogP contribution < -0.4 is 5.73 Å². The van der Waals surface area contributed by atoms with Crippen molar-refractivity contribution in [1.82, 2.24) is 9.97 Å². The Labute approximate surface area is 182 Å². The van der Waals surface area contributed by atoms with Crippen LogP contribution in [0.3, 0.4) is 0 Å². The number of halogens is 6. The van der Waals surface area contributed by atoms with Crippen molar-refractivity contribution in [2.45, 2.75) is 37.5 Å². The molecule has 2 aliphatic rings. The molecule has 0 bridgehead atoms. The molecule has 0 spiro atoms. The summed E-state index contributed by atoms with van der Waals surface area (Å²) in [7, 11) is 0. The average molecular weight is 504 g/mol. The van der Waals surface area contributed by atoms with Crippen molar-refractivity contribution >= 4 is 32.7 Å². The quantitative estimate of drug-likeness (QED) is 0.402. The molecular formula is C21H19BrF5N3O. The lowest BCUT2D eigenvalue weighted by Crippen LogP contribution is -2.53. The smallest absolute Gasteiger partial charge is 0.395 e. The number of carbonyl (C=O) groups is 1. The number of Topliss-reactive ketones (excluding diaryl/α,β-unsaturated/α-hetero) is 1. The first kappa shape index (κ1) is 22.0. The average Bonchev–Trinajstić information content (AvgIpc) is 3.33. The van der Waals surface area contributed by atoms with Gasteiger partial charge < -0.3 is 10.7 Å². The molecule has 3 unspecified atom stereocenters. The van der Waals surface area contributed by atoms with E-state index in [0.29, 0.717) is 23.4 Å². The van der Waals surface area contributed by atoms with Crippen molar-refractivity contribution in [2.24, 2.45) is 23.5 Å². The molecule has 2 aromatic rings. The van der Waals surface area contributed by atoms with E-state index >= 15 is 8.78 Å². The van der Waals surface area contributed by atoms with E-state index in [2.05, 4.69) is 25.9 Å². The predicted octanol–water partition coefficient (Wildman–Crippen LogP) is 5.91. The largest absolute Gasteiger partial charge is 0.397 e. The van der Waals surface area contributed by atoms with Gasteiger partial charge in [-0.1, -0.05) is 12.8 Å². The molecule has 1 saturated carbocycles. The van der Waals surface area contributed by atoms with Gasteiger partial charge in [-0.3, -0.25) is 4.79 Å². The predicted molar refractivity (Wildman–Crippen MR) is 108 cm³/mol. The minimum absolute atomic E-state index is 0.151. The number of allylic oxidation sites excluding steroid dienone is 3. The van der Waals surface area contributed by atoms with E-state index in [0.717, 1.165) is 6.08 Å². The summed E-state index contributed by atoms with van der Waals surface area (Å²) < 4.78 is 74.4. The fourth-order valence-electron chi connectivity index (χ4n) is 4.86. The Hall–Kier alpha value is -2.23. The van der Waals surface area contributed by atoms with Crippen LogP contribution in [0.5, 0.6) is 0 Å². The number of nitrogens with zero attached hydrogens (tertiary/aromatic N) is 1.